The molecule has 1 aliphatic heterocycles. The molecule has 0 saturated carbocycles. The van der Waals surface area contributed by atoms with Crippen LogP contribution < -0.4 is 5.32 Å². The van der Waals surface area contributed by atoms with Gasteiger partial charge in [0.15, 0.2) is 5.54 Å². The van der Waals surface area contributed by atoms with E-state index in [-0.39, 0.29) is 12.4 Å². The van der Waals surface area contributed by atoms with Gasteiger partial charge >= 0.3 is 5.97 Å². The number of hydroxylamine groups is 3. The Labute approximate surface area is 113 Å². The Bertz CT molecular complexity index is 404. The van der Waals surface area contributed by atoms with Crippen LogP contribution in [0, 0.1) is 5.21 Å². The highest BCUT2D eigenvalue weighted by Gasteiger charge is 2.59. The number of amidine groups is 1. The van der Waals surface area contributed by atoms with Gasteiger partial charge in [0.05, 0.1) is 7.11 Å². The maximum absolute atomic E-state index is 12.2. The zero-order valence-electron chi connectivity index (χ0n) is 12.3. The van der Waals surface area contributed by atoms with E-state index >= 15 is 0 Å². The number of methoxy groups -OCH3 is 1. The van der Waals surface area contributed by atoms with Crippen molar-refractivity contribution in [2.45, 2.75) is 51.7 Å². The normalized spacial score (nSPS) is 22.6. The van der Waals surface area contributed by atoms with Crippen molar-refractivity contribution in [3.05, 3.63) is 5.21 Å². The zero-order chi connectivity index (χ0) is 15.0. The highest BCUT2D eigenvalue weighted by Crippen LogP contribution is 2.35. The average Bonchev–Trinajstić information content (AvgIpc) is 2.46. The third kappa shape index (κ3) is 2.40. The van der Waals surface area contributed by atoms with Crippen LogP contribution in [0.5, 0.6) is 0 Å². The molecule has 7 nitrogen and oxygen atoms in total. The lowest BCUT2D eigenvalue weighted by molar-refractivity contribution is -0.540. The molecular formula is C12H22N3O4. The maximum Gasteiger partial charge on any atom is 0.322 e. The summed E-state index contributed by atoms with van der Waals surface area (Å²) >= 11 is 0. The number of carbonyl (C=O) groups is 1. The summed E-state index contributed by atoms with van der Waals surface area (Å²) in [4.78, 5) is 11.3. The van der Waals surface area contributed by atoms with Crippen molar-refractivity contribution in [1.29, 1.82) is 0 Å². The molecule has 0 unspecified atom stereocenters. The van der Waals surface area contributed by atoms with Crippen LogP contribution in [0.3, 0.4) is 0 Å². The molecule has 1 aliphatic rings. The van der Waals surface area contributed by atoms with Crippen LogP contribution in [0.25, 0.3) is 0 Å². The molecule has 1 rings (SSSR count). The Morgan fingerprint density at radius 1 is 1.47 bits per heavy atom. The standard InChI is InChI=1S/C12H22N3O4/c1-8(10(16)19-6)13-7-9-14(17)11(2,3)12(4,5)15(9)18/h8,13H,7H2,1-6H3/t8-/m0/s1. The topological polar surface area (TPSA) is 87.5 Å². The minimum atomic E-state index is -0.833. The Balaban J connectivity index is 2.84. The van der Waals surface area contributed by atoms with Crippen molar-refractivity contribution in [3.63, 3.8) is 0 Å². The maximum atomic E-state index is 12.2. The molecule has 0 amide bonds. The molecule has 0 aromatic heterocycles. The molecular weight excluding hydrogens is 250 g/mol. The van der Waals surface area contributed by atoms with Crippen LogP contribution in [0.1, 0.15) is 34.6 Å². The molecule has 19 heavy (non-hydrogen) atoms. The number of ether oxygens (including phenoxy) is 1. The summed E-state index contributed by atoms with van der Waals surface area (Å²) in [6, 6.07) is -0.578. The van der Waals surface area contributed by atoms with Crippen molar-refractivity contribution >= 4 is 11.8 Å². The van der Waals surface area contributed by atoms with Crippen LogP contribution in [0.15, 0.2) is 0 Å². The van der Waals surface area contributed by atoms with E-state index in [0.29, 0.717) is 0 Å². The summed E-state index contributed by atoms with van der Waals surface area (Å²) < 4.78 is 5.29. The van der Waals surface area contributed by atoms with E-state index in [0.717, 1.165) is 9.80 Å². The Morgan fingerprint density at radius 3 is 2.37 bits per heavy atom. The lowest BCUT2D eigenvalue weighted by Crippen LogP contribution is -2.53. The van der Waals surface area contributed by atoms with E-state index in [1.807, 2.05) is 0 Å². The summed E-state index contributed by atoms with van der Waals surface area (Å²) in [5.74, 6) is -0.363. The fraction of sp³-hybridized carbons (Fsp3) is 0.833. The highest BCUT2D eigenvalue weighted by atomic mass is 16.5. The van der Waals surface area contributed by atoms with Crippen LogP contribution in [-0.2, 0) is 14.7 Å². The lowest BCUT2D eigenvalue weighted by Gasteiger charge is -2.32. The van der Waals surface area contributed by atoms with Crippen LogP contribution in [-0.4, -0.2) is 52.4 Å². The van der Waals surface area contributed by atoms with Gasteiger partial charge in [-0.15, -0.1) is 0 Å². The van der Waals surface area contributed by atoms with Gasteiger partial charge in [0.25, 0.3) is 5.84 Å². The van der Waals surface area contributed by atoms with Gasteiger partial charge in [0.2, 0.25) is 0 Å². The van der Waals surface area contributed by atoms with E-state index in [2.05, 4.69) is 10.1 Å². The Kier molecular flexibility index (Phi) is 4.11. The van der Waals surface area contributed by atoms with Gasteiger partial charge in [-0.2, -0.15) is 0 Å². The predicted octanol–water partition coefficient (Wildman–Crippen LogP) is 0.265. The summed E-state index contributed by atoms with van der Waals surface area (Å²) in [5.41, 5.74) is -1.67. The van der Waals surface area contributed by atoms with Gasteiger partial charge < -0.3 is 9.94 Å². The van der Waals surface area contributed by atoms with Crippen LogP contribution >= 0.6 is 0 Å². The average molecular weight is 272 g/mol. The molecule has 1 N–H and O–H groups in total. The van der Waals surface area contributed by atoms with Crippen molar-refractivity contribution < 1.29 is 19.5 Å². The van der Waals surface area contributed by atoms with Crippen LogP contribution in [0.4, 0.5) is 0 Å². The number of nitrogens with zero attached hydrogens (tertiary/aromatic N) is 2. The van der Waals surface area contributed by atoms with E-state index in [9.17, 15) is 15.2 Å². The fourth-order valence-corrected chi connectivity index (χ4v) is 1.87. The van der Waals surface area contributed by atoms with Crippen LogP contribution in [0.2, 0.25) is 0 Å². The molecule has 0 aromatic rings. The third-order valence-electron chi connectivity index (χ3n) is 4.10. The Hall–Kier alpha value is -1.34. The minimum Gasteiger partial charge on any atom is -0.715 e. The number of carbonyl (C=O) groups excluding carboxylic acids is 1. The molecule has 0 fully saturated rings. The van der Waals surface area contributed by atoms with E-state index in [1.165, 1.54) is 7.11 Å². The summed E-state index contributed by atoms with van der Waals surface area (Å²) in [6.45, 7) is 8.53. The second-order valence-electron chi connectivity index (χ2n) is 5.75. The molecule has 0 saturated heterocycles. The molecule has 109 valence electrons. The molecule has 1 atom stereocenters. The largest absolute Gasteiger partial charge is 0.715 e. The number of esters is 1. The second kappa shape index (κ2) is 4.97. The first-order valence-electron chi connectivity index (χ1n) is 6.19. The number of hydrogen-bond acceptors (Lipinski definition) is 5. The van der Waals surface area contributed by atoms with Gasteiger partial charge in [-0.1, -0.05) is 5.06 Å². The number of nitrogens with one attached hydrogen (secondary N) is 1. The minimum absolute atomic E-state index is 0.0239. The molecule has 7 heteroatoms. The summed E-state index contributed by atoms with van der Waals surface area (Å²) in [6.07, 6.45) is 0. The van der Waals surface area contributed by atoms with Gasteiger partial charge in [0.1, 0.15) is 18.1 Å². The van der Waals surface area contributed by atoms with Gasteiger partial charge in [-0.3, -0.25) is 14.9 Å². The van der Waals surface area contributed by atoms with Crippen molar-refractivity contribution in [2.75, 3.05) is 13.7 Å². The highest BCUT2D eigenvalue weighted by molar-refractivity contribution is 5.82. The molecule has 1 heterocycles. The van der Waals surface area contributed by atoms with Gasteiger partial charge in [0, 0.05) is 5.21 Å². The molecule has 0 bridgehead atoms. The van der Waals surface area contributed by atoms with E-state index < -0.39 is 23.1 Å². The molecule has 1 radical (unpaired) electrons. The monoisotopic (exact) mass is 272 g/mol. The Morgan fingerprint density at radius 2 is 2.00 bits per heavy atom. The summed E-state index contributed by atoms with van der Waals surface area (Å²) in [5, 5.41) is 27.9. The third-order valence-corrected chi connectivity index (χ3v) is 4.10. The van der Waals surface area contributed by atoms with Crippen molar-refractivity contribution in [1.82, 2.24) is 10.4 Å². The first-order valence-corrected chi connectivity index (χ1v) is 6.19. The van der Waals surface area contributed by atoms with E-state index in [1.54, 1.807) is 34.6 Å². The molecule has 0 aromatic carbocycles. The SMILES string of the molecule is COC(=O)[C@H](C)NCC1=[N+]([O-])C(C)(C)C(C)(C)N1[O]. The van der Waals surface area contributed by atoms with Crippen molar-refractivity contribution in [3.8, 4) is 0 Å². The lowest BCUT2D eigenvalue weighted by atomic mass is 9.84. The first kappa shape index (κ1) is 15.7. The van der Waals surface area contributed by atoms with Gasteiger partial charge in [-0.25, -0.2) is 0 Å². The molecule has 0 aliphatic carbocycles. The quantitative estimate of drug-likeness (QED) is 0.451. The predicted molar refractivity (Wildman–Crippen MR) is 68.8 cm³/mol. The number of rotatable bonds is 4. The smallest absolute Gasteiger partial charge is 0.322 e. The van der Waals surface area contributed by atoms with Crippen molar-refractivity contribution in [2.24, 2.45) is 0 Å². The number of hydrogen-bond donors (Lipinski definition) is 1. The second-order valence-corrected chi connectivity index (χ2v) is 5.75. The van der Waals surface area contributed by atoms with E-state index in [4.69, 9.17) is 0 Å². The first-order chi connectivity index (χ1) is 8.57. The fourth-order valence-electron chi connectivity index (χ4n) is 1.87. The molecule has 0 spiro atoms. The van der Waals surface area contributed by atoms with Gasteiger partial charge in [-0.05, 0) is 34.6 Å². The summed E-state index contributed by atoms with van der Waals surface area (Å²) in [7, 11) is 1.29. The zero-order valence-corrected chi connectivity index (χ0v) is 12.3.